The maximum Gasteiger partial charge on any atom is 0.266 e. The molecule has 0 bridgehead atoms. The Morgan fingerprint density at radius 1 is 1.06 bits per heavy atom. The third-order valence-electron chi connectivity index (χ3n) is 5.78. The number of carbonyl (C=O) groups excluding carboxylic acids is 1. The van der Waals surface area contributed by atoms with Crippen molar-refractivity contribution in [1.29, 1.82) is 0 Å². The first-order valence-electron chi connectivity index (χ1n) is 11.2. The number of rotatable bonds is 8. The van der Waals surface area contributed by atoms with Gasteiger partial charge in [-0.2, -0.15) is 0 Å². The van der Waals surface area contributed by atoms with Crippen molar-refractivity contribution < 1.29 is 9.53 Å². The number of fused-ring (bicyclic) bond motifs is 2. The predicted molar refractivity (Wildman–Crippen MR) is 140 cm³/mol. The molecule has 0 radical (unpaired) electrons. The second kappa shape index (κ2) is 10.1. The van der Waals surface area contributed by atoms with E-state index in [1.165, 1.54) is 21.7 Å². The molecule has 176 valence electrons. The molecule has 1 amide bonds. The summed E-state index contributed by atoms with van der Waals surface area (Å²) in [6.07, 6.45) is 2.71. The predicted octanol–water partition coefficient (Wildman–Crippen LogP) is 4.33. The normalized spacial score (nSPS) is 11.1. The summed E-state index contributed by atoms with van der Waals surface area (Å²) in [6, 6.07) is 22.6. The Balaban J connectivity index is 1.33. The van der Waals surface area contributed by atoms with Crippen LogP contribution in [-0.2, 0) is 11.2 Å². The standard InChI is InChI=1S/C27H24N4O3S/c1-34-20-8-6-7-19(15-20)31-26(33)22-10-3-5-12-24(22)30-27(31)35-17-25(32)28-14-13-18-16-29-23-11-4-2-9-21(18)23/h2-12,15-16,29H,13-14,17H2,1H3,(H,28,32). The van der Waals surface area contributed by atoms with Crippen LogP contribution in [0.3, 0.4) is 0 Å². The molecular weight excluding hydrogens is 460 g/mol. The van der Waals surface area contributed by atoms with E-state index in [2.05, 4.69) is 16.4 Å². The summed E-state index contributed by atoms with van der Waals surface area (Å²) in [5.41, 5.74) is 3.29. The van der Waals surface area contributed by atoms with Crippen LogP contribution in [0, 0.1) is 0 Å². The lowest BCUT2D eigenvalue weighted by molar-refractivity contribution is -0.118. The van der Waals surface area contributed by atoms with Gasteiger partial charge in [0.2, 0.25) is 5.91 Å². The molecule has 0 unspecified atom stereocenters. The van der Waals surface area contributed by atoms with Gasteiger partial charge in [-0.1, -0.05) is 48.2 Å². The first kappa shape index (κ1) is 22.7. The van der Waals surface area contributed by atoms with Crippen molar-refractivity contribution in [2.24, 2.45) is 0 Å². The van der Waals surface area contributed by atoms with Crippen LogP contribution >= 0.6 is 11.8 Å². The Morgan fingerprint density at radius 3 is 2.71 bits per heavy atom. The number of nitrogens with one attached hydrogen (secondary N) is 2. The zero-order valence-corrected chi connectivity index (χ0v) is 20.0. The summed E-state index contributed by atoms with van der Waals surface area (Å²) in [5.74, 6) is 0.658. The van der Waals surface area contributed by atoms with E-state index in [1.807, 2.05) is 54.7 Å². The van der Waals surface area contributed by atoms with Gasteiger partial charge in [-0.3, -0.25) is 14.2 Å². The highest BCUT2D eigenvalue weighted by Gasteiger charge is 2.15. The zero-order valence-electron chi connectivity index (χ0n) is 19.2. The minimum atomic E-state index is -0.189. The molecule has 7 nitrogen and oxygen atoms in total. The summed E-state index contributed by atoms with van der Waals surface area (Å²) >= 11 is 1.24. The molecule has 2 N–H and O–H groups in total. The van der Waals surface area contributed by atoms with Crippen LogP contribution in [0.5, 0.6) is 5.75 Å². The van der Waals surface area contributed by atoms with Crippen molar-refractivity contribution >= 4 is 39.5 Å². The van der Waals surface area contributed by atoms with Crippen molar-refractivity contribution in [3.63, 3.8) is 0 Å². The van der Waals surface area contributed by atoms with E-state index in [9.17, 15) is 9.59 Å². The van der Waals surface area contributed by atoms with E-state index < -0.39 is 0 Å². The van der Waals surface area contributed by atoms with Gasteiger partial charge in [0.1, 0.15) is 5.75 Å². The highest BCUT2D eigenvalue weighted by Crippen LogP contribution is 2.23. The number of hydrogen-bond donors (Lipinski definition) is 2. The van der Waals surface area contributed by atoms with E-state index in [1.54, 1.807) is 25.3 Å². The van der Waals surface area contributed by atoms with Crippen molar-refractivity contribution in [2.75, 3.05) is 19.4 Å². The van der Waals surface area contributed by atoms with E-state index in [4.69, 9.17) is 9.72 Å². The molecule has 2 aromatic heterocycles. The number of aromatic amines is 1. The number of aromatic nitrogens is 3. The lowest BCUT2D eigenvalue weighted by Crippen LogP contribution is -2.28. The van der Waals surface area contributed by atoms with Gasteiger partial charge in [-0.05, 0) is 42.3 Å². The number of methoxy groups -OCH3 is 1. The number of hydrogen-bond acceptors (Lipinski definition) is 5. The Bertz CT molecular complexity index is 1570. The topological polar surface area (TPSA) is 89.0 Å². The summed E-state index contributed by atoms with van der Waals surface area (Å²) < 4.78 is 6.87. The number of amides is 1. The quantitative estimate of drug-likeness (QED) is 0.253. The lowest BCUT2D eigenvalue weighted by Gasteiger charge is -2.14. The van der Waals surface area contributed by atoms with E-state index >= 15 is 0 Å². The van der Waals surface area contributed by atoms with Gasteiger partial charge in [0.05, 0.1) is 29.5 Å². The van der Waals surface area contributed by atoms with E-state index in [-0.39, 0.29) is 17.2 Å². The molecule has 5 aromatic rings. The smallest absolute Gasteiger partial charge is 0.266 e. The fraction of sp³-hybridized carbons (Fsp3) is 0.148. The van der Waals surface area contributed by atoms with Crippen LogP contribution in [0.4, 0.5) is 0 Å². The number of H-pyrrole nitrogens is 1. The SMILES string of the molecule is COc1cccc(-n2c(SCC(=O)NCCc3c[nH]c4ccccc34)nc3ccccc3c2=O)c1. The molecule has 0 saturated carbocycles. The Hall–Kier alpha value is -4.04. The average molecular weight is 485 g/mol. The zero-order chi connectivity index (χ0) is 24.2. The summed E-state index contributed by atoms with van der Waals surface area (Å²) in [5, 5.41) is 5.11. The highest BCUT2D eigenvalue weighted by atomic mass is 32.2. The van der Waals surface area contributed by atoms with E-state index in [0.29, 0.717) is 34.0 Å². The molecule has 0 aliphatic rings. The monoisotopic (exact) mass is 484 g/mol. The number of benzene rings is 3. The summed E-state index contributed by atoms with van der Waals surface area (Å²) in [7, 11) is 1.58. The molecule has 0 fully saturated rings. The molecular formula is C27H24N4O3S. The lowest BCUT2D eigenvalue weighted by atomic mass is 10.1. The van der Waals surface area contributed by atoms with Crippen LogP contribution in [0.25, 0.3) is 27.5 Å². The van der Waals surface area contributed by atoms with Crippen LogP contribution in [0.1, 0.15) is 5.56 Å². The van der Waals surface area contributed by atoms with Gasteiger partial charge in [0.25, 0.3) is 5.56 Å². The maximum atomic E-state index is 13.4. The fourth-order valence-electron chi connectivity index (χ4n) is 4.04. The molecule has 0 spiro atoms. The van der Waals surface area contributed by atoms with Gasteiger partial charge in [0, 0.05) is 29.7 Å². The van der Waals surface area contributed by atoms with Gasteiger partial charge in [-0.25, -0.2) is 4.98 Å². The van der Waals surface area contributed by atoms with Gasteiger partial charge in [0.15, 0.2) is 5.16 Å². The molecule has 0 saturated heterocycles. The van der Waals surface area contributed by atoms with Crippen LogP contribution < -0.4 is 15.6 Å². The molecule has 3 aromatic carbocycles. The first-order valence-corrected chi connectivity index (χ1v) is 12.2. The van der Waals surface area contributed by atoms with Gasteiger partial charge in [-0.15, -0.1) is 0 Å². The van der Waals surface area contributed by atoms with E-state index in [0.717, 1.165) is 17.5 Å². The molecule has 8 heteroatoms. The van der Waals surface area contributed by atoms with Crippen molar-refractivity contribution in [1.82, 2.24) is 19.9 Å². The minimum absolute atomic E-state index is 0.116. The van der Waals surface area contributed by atoms with Crippen LogP contribution in [0.2, 0.25) is 0 Å². The second-order valence-corrected chi connectivity index (χ2v) is 8.94. The van der Waals surface area contributed by atoms with Gasteiger partial charge >= 0.3 is 0 Å². The Morgan fingerprint density at radius 2 is 1.86 bits per heavy atom. The van der Waals surface area contributed by atoms with Gasteiger partial charge < -0.3 is 15.0 Å². The van der Waals surface area contributed by atoms with Crippen LogP contribution in [0.15, 0.2) is 88.9 Å². The van der Waals surface area contributed by atoms with Crippen LogP contribution in [-0.4, -0.2) is 39.8 Å². The third-order valence-corrected chi connectivity index (χ3v) is 6.72. The first-order chi connectivity index (χ1) is 17.1. The molecule has 35 heavy (non-hydrogen) atoms. The third kappa shape index (κ3) is 4.79. The Labute approximate surface area is 206 Å². The summed E-state index contributed by atoms with van der Waals surface area (Å²) in [6.45, 7) is 0.523. The fourth-order valence-corrected chi connectivity index (χ4v) is 4.89. The molecule has 5 rings (SSSR count). The minimum Gasteiger partial charge on any atom is -0.497 e. The number of thioether (sulfide) groups is 1. The number of nitrogens with zero attached hydrogens (tertiary/aromatic N) is 2. The van der Waals surface area contributed by atoms with Crippen molar-refractivity contribution in [3.05, 3.63) is 94.9 Å². The molecule has 0 aliphatic carbocycles. The highest BCUT2D eigenvalue weighted by molar-refractivity contribution is 7.99. The number of carbonyl (C=O) groups is 1. The molecule has 2 heterocycles. The Kier molecular flexibility index (Phi) is 6.54. The maximum absolute atomic E-state index is 13.4. The number of ether oxygens (including phenoxy) is 1. The largest absolute Gasteiger partial charge is 0.497 e. The van der Waals surface area contributed by atoms with Crippen molar-refractivity contribution in [3.8, 4) is 11.4 Å². The number of para-hydroxylation sites is 2. The van der Waals surface area contributed by atoms with Crippen molar-refractivity contribution in [2.45, 2.75) is 11.6 Å². The average Bonchev–Trinajstić information content (AvgIpc) is 3.30. The molecule has 0 atom stereocenters. The molecule has 0 aliphatic heterocycles. The second-order valence-electron chi connectivity index (χ2n) is 8.00. The summed E-state index contributed by atoms with van der Waals surface area (Å²) in [4.78, 5) is 34.0.